The highest BCUT2D eigenvalue weighted by atomic mass is 16.5. The lowest BCUT2D eigenvalue weighted by Gasteiger charge is -2.26. The highest BCUT2D eigenvalue weighted by Gasteiger charge is 2.21. The average Bonchev–Trinajstić information content (AvgIpc) is 2.96. The fraction of sp³-hybridized carbons (Fsp3) is 0.368. The van der Waals surface area contributed by atoms with Crippen LogP contribution in [0.1, 0.15) is 27.2 Å². The Bertz CT molecular complexity index is 823. The number of pyridine rings is 2. The number of fused-ring (bicyclic) bond motifs is 1. The summed E-state index contributed by atoms with van der Waals surface area (Å²) in [5.74, 6) is 1.11. The highest BCUT2D eigenvalue weighted by Crippen LogP contribution is 2.21. The van der Waals surface area contributed by atoms with Crippen molar-refractivity contribution in [1.82, 2.24) is 14.5 Å². The molecule has 3 heterocycles. The van der Waals surface area contributed by atoms with E-state index in [0.717, 1.165) is 23.1 Å². The van der Waals surface area contributed by atoms with Crippen LogP contribution in [0.2, 0.25) is 0 Å². The van der Waals surface area contributed by atoms with E-state index in [0.29, 0.717) is 18.4 Å². The standard InChI is InChI=1S/C19H24N4O/c1-14(2)12-19(3,20)13-24-18-11-15(6-9-22-18)23-10-7-16-17(23)5-4-8-21-16/h4-11,14H,12-13,20H2,1-3H3/t19-/m0/s1. The van der Waals surface area contributed by atoms with Gasteiger partial charge in [-0.3, -0.25) is 4.98 Å². The molecule has 0 unspecified atom stereocenters. The summed E-state index contributed by atoms with van der Waals surface area (Å²) < 4.78 is 7.93. The Labute approximate surface area is 142 Å². The number of hydrogen-bond acceptors (Lipinski definition) is 4. The lowest BCUT2D eigenvalue weighted by molar-refractivity contribution is 0.200. The molecule has 3 aromatic heterocycles. The predicted octanol–water partition coefficient (Wildman–Crippen LogP) is 3.56. The van der Waals surface area contributed by atoms with Crippen LogP contribution in [0.4, 0.5) is 0 Å². The van der Waals surface area contributed by atoms with Crippen molar-refractivity contribution < 1.29 is 4.74 Å². The van der Waals surface area contributed by atoms with E-state index in [-0.39, 0.29) is 5.54 Å². The van der Waals surface area contributed by atoms with Crippen LogP contribution in [0.3, 0.4) is 0 Å². The monoisotopic (exact) mass is 324 g/mol. The predicted molar refractivity (Wildman–Crippen MR) is 96.4 cm³/mol. The molecule has 24 heavy (non-hydrogen) atoms. The van der Waals surface area contributed by atoms with E-state index < -0.39 is 0 Å². The summed E-state index contributed by atoms with van der Waals surface area (Å²) in [4.78, 5) is 8.67. The SMILES string of the molecule is CC(C)C[C@](C)(N)COc1cc(-n2ccc3ncccc32)ccn1. The quantitative estimate of drug-likeness (QED) is 0.753. The van der Waals surface area contributed by atoms with Crippen LogP contribution >= 0.6 is 0 Å². The van der Waals surface area contributed by atoms with E-state index in [9.17, 15) is 0 Å². The maximum atomic E-state index is 6.31. The highest BCUT2D eigenvalue weighted by molar-refractivity contribution is 5.77. The van der Waals surface area contributed by atoms with Crippen LogP contribution < -0.4 is 10.5 Å². The summed E-state index contributed by atoms with van der Waals surface area (Å²) >= 11 is 0. The zero-order valence-corrected chi connectivity index (χ0v) is 14.4. The minimum atomic E-state index is -0.365. The van der Waals surface area contributed by atoms with Gasteiger partial charge in [0.25, 0.3) is 0 Å². The van der Waals surface area contributed by atoms with Gasteiger partial charge in [0.15, 0.2) is 0 Å². The molecule has 0 amide bonds. The Morgan fingerprint density at radius 2 is 2.04 bits per heavy atom. The van der Waals surface area contributed by atoms with Crippen LogP contribution in [0, 0.1) is 5.92 Å². The van der Waals surface area contributed by atoms with Gasteiger partial charge in [-0.1, -0.05) is 13.8 Å². The molecule has 0 fully saturated rings. The van der Waals surface area contributed by atoms with Gasteiger partial charge in [0.1, 0.15) is 6.61 Å². The lowest BCUT2D eigenvalue weighted by Crippen LogP contribution is -2.43. The van der Waals surface area contributed by atoms with Crippen LogP contribution in [-0.2, 0) is 0 Å². The summed E-state index contributed by atoms with van der Waals surface area (Å²) in [7, 11) is 0. The lowest BCUT2D eigenvalue weighted by atomic mass is 9.93. The van der Waals surface area contributed by atoms with Crippen LogP contribution in [0.15, 0.2) is 48.9 Å². The summed E-state index contributed by atoms with van der Waals surface area (Å²) in [6.07, 6.45) is 6.46. The van der Waals surface area contributed by atoms with E-state index >= 15 is 0 Å². The molecule has 1 atom stereocenters. The van der Waals surface area contributed by atoms with Gasteiger partial charge in [0.2, 0.25) is 5.88 Å². The third-order valence-electron chi connectivity index (χ3n) is 3.88. The smallest absolute Gasteiger partial charge is 0.215 e. The van der Waals surface area contributed by atoms with Crippen molar-refractivity contribution in [3.63, 3.8) is 0 Å². The van der Waals surface area contributed by atoms with Gasteiger partial charge < -0.3 is 15.0 Å². The largest absolute Gasteiger partial charge is 0.476 e. The number of aromatic nitrogens is 3. The molecule has 0 spiro atoms. The molecular formula is C19H24N4O. The van der Waals surface area contributed by atoms with Crippen LogP contribution in [-0.4, -0.2) is 26.7 Å². The normalized spacial score (nSPS) is 14.0. The Kier molecular flexibility index (Phi) is 4.53. The first kappa shape index (κ1) is 16.5. The topological polar surface area (TPSA) is 66.0 Å². The maximum Gasteiger partial charge on any atom is 0.215 e. The van der Waals surface area contributed by atoms with Crippen molar-refractivity contribution in [2.45, 2.75) is 32.7 Å². The average molecular weight is 324 g/mol. The van der Waals surface area contributed by atoms with Crippen molar-refractivity contribution in [1.29, 1.82) is 0 Å². The second-order valence-electron chi connectivity index (χ2n) is 6.99. The third kappa shape index (κ3) is 3.74. The summed E-state index contributed by atoms with van der Waals surface area (Å²) in [6.45, 7) is 6.78. The summed E-state index contributed by atoms with van der Waals surface area (Å²) in [5, 5.41) is 0. The Hall–Kier alpha value is -2.40. The first-order valence-corrected chi connectivity index (χ1v) is 8.25. The van der Waals surface area contributed by atoms with E-state index in [2.05, 4.69) is 28.4 Å². The van der Waals surface area contributed by atoms with Crippen LogP contribution in [0.5, 0.6) is 5.88 Å². The number of ether oxygens (including phenoxy) is 1. The van der Waals surface area contributed by atoms with Crippen LogP contribution in [0.25, 0.3) is 16.7 Å². The molecule has 0 aliphatic carbocycles. The molecule has 5 nitrogen and oxygen atoms in total. The summed E-state index contributed by atoms with van der Waals surface area (Å²) in [5.41, 5.74) is 8.95. The van der Waals surface area contributed by atoms with Gasteiger partial charge in [-0.2, -0.15) is 0 Å². The first-order valence-electron chi connectivity index (χ1n) is 8.25. The van der Waals surface area contributed by atoms with Crippen molar-refractivity contribution in [2.75, 3.05) is 6.61 Å². The van der Waals surface area contributed by atoms with E-state index in [1.54, 1.807) is 12.4 Å². The van der Waals surface area contributed by atoms with E-state index in [1.807, 2.05) is 43.5 Å². The fourth-order valence-electron chi connectivity index (χ4n) is 3.05. The molecule has 0 aliphatic rings. The first-order chi connectivity index (χ1) is 11.4. The number of nitrogens with two attached hydrogens (primary N) is 1. The molecule has 0 saturated heterocycles. The van der Waals surface area contributed by atoms with Gasteiger partial charge in [0.05, 0.1) is 16.7 Å². The van der Waals surface area contributed by atoms with Gasteiger partial charge in [-0.15, -0.1) is 0 Å². The van der Waals surface area contributed by atoms with Crippen molar-refractivity contribution in [3.05, 3.63) is 48.9 Å². The molecule has 0 saturated carbocycles. The molecule has 0 aliphatic heterocycles. The van der Waals surface area contributed by atoms with Crippen molar-refractivity contribution in [3.8, 4) is 11.6 Å². The van der Waals surface area contributed by atoms with Gasteiger partial charge in [-0.25, -0.2) is 4.98 Å². The molecule has 2 N–H and O–H groups in total. The van der Waals surface area contributed by atoms with Crippen molar-refractivity contribution >= 4 is 11.0 Å². The molecule has 126 valence electrons. The molecule has 0 radical (unpaired) electrons. The maximum absolute atomic E-state index is 6.31. The van der Waals surface area contributed by atoms with E-state index in [4.69, 9.17) is 10.5 Å². The molecule has 3 aromatic rings. The van der Waals surface area contributed by atoms with E-state index in [1.165, 1.54) is 0 Å². The Morgan fingerprint density at radius 1 is 1.21 bits per heavy atom. The zero-order valence-electron chi connectivity index (χ0n) is 14.4. The minimum Gasteiger partial charge on any atom is -0.476 e. The minimum absolute atomic E-state index is 0.365. The number of rotatable bonds is 6. The Morgan fingerprint density at radius 3 is 2.83 bits per heavy atom. The van der Waals surface area contributed by atoms with Crippen molar-refractivity contribution in [2.24, 2.45) is 11.7 Å². The molecule has 3 rings (SSSR count). The molecular weight excluding hydrogens is 300 g/mol. The van der Waals surface area contributed by atoms with Gasteiger partial charge >= 0.3 is 0 Å². The summed E-state index contributed by atoms with van der Waals surface area (Å²) in [6, 6.07) is 9.86. The zero-order chi connectivity index (χ0) is 17.2. The Balaban J connectivity index is 1.80. The number of hydrogen-bond donors (Lipinski definition) is 1. The molecule has 0 bridgehead atoms. The molecule has 0 aromatic carbocycles. The van der Waals surface area contributed by atoms with Gasteiger partial charge in [0, 0.05) is 30.2 Å². The fourth-order valence-corrected chi connectivity index (χ4v) is 3.05. The second-order valence-corrected chi connectivity index (χ2v) is 6.99. The molecule has 5 heteroatoms. The third-order valence-corrected chi connectivity index (χ3v) is 3.88. The second kappa shape index (κ2) is 6.61. The number of nitrogens with zero attached hydrogens (tertiary/aromatic N) is 3. The van der Waals surface area contributed by atoms with Gasteiger partial charge in [-0.05, 0) is 43.5 Å².